The first-order valence-electron chi connectivity index (χ1n) is 13.1. The minimum atomic E-state index is -0.186. The summed E-state index contributed by atoms with van der Waals surface area (Å²) >= 11 is 0. The van der Waals surface area contributed by atoms with Crippen LogP contribution in [0.15, 0.2) is 42.5 Å². The van der Waals surface area contributed by atoms with Gasteiger partial charge in [-0.05, 0) is 50.5 Å². The van der Waals surface area contributed by atoms with E-state index in [-0.39, 0.29) is 24.5 Å². The summed E-state index contributed by atoms with van der Waals surface area (Å²) in [5, 5.41) is 12.8. The SMILES string of the molecule is C/C=C/C(=O)Nc1cccc(COc2cc(C#N)c(N3CCN(C(=O)CCOC)[C@H](C)C3)nc2C2CC2)c1. The van der Waals surface area contributed by atoms with Crippen LogP contribution in [0.1, 0.15) is 55.8 Å². The van der Waals surface area contributed by atoms with E-state index in [1.165, 1.54) is 6.08 Å². The van der Waals surface area contributed by atoms with Gasteiger partial charge in [0, 0.05) is 50.5 Å². The Kier molecular flexibility index (Phi) is 8.98. The van der Waals surface area contributed by atoms with Gasteiger partial charge in [-0.2, -0.15) is 5.26 Å². The lowest BCUT2D eigenvalue weighted by Crippen LogP contribution is -2.54. The van der Waals surface area contributed by atoms with Gasteiger partial charge < -0.3 is 24.6 Å². The van der Waals surface area contributed by atoms with Crippen molar-refractivity contribution in [1.82, 2.24) is 9.88 Å². The van der Waals surface area contributed by atoms with Crippen molar-refractivity contribution in [2.45, 2.75) is 51.7 Å². The zero-order chi connectivity index (χ0) is 27.1. The quantitative estimate of drug-likeness (QED) is 0.475. The van der Waals surface area contributed by atoms with Gasteiger partial charge in [-0.25, -0.2) is 4.98 Å². The molecule has 200 valence electrons. The summed E-state index contributed by atoms with van der Waals surface area (Å²) in [4.78, 5) is 33.4. The monoisotopic (exact) mass is 517 g/mol. The Labute approximate surface area is 224 Å². The molecule has 9 nitrogen and oxygen atoms in total. The summed E-state index contributed by atoms with van der Waals surface area (Å²) in [6.07, 6.45) is 5.61. The van der Waals surface area contributed by atoms with Crippen molar-refractivity contribution in [2.24, 2.45) is 0 Å². The Balaban J connectivity index is 1.49. The highest BCUT2D eigenvalue weighted by molar-refractivity contribution is 5.99. The van der Waals surface area contributed by atoms with Crippen LogP contribution in [0, 0.1) is 11.3 Å². The molecule has 2 fully saturated rings. The van der Waals surface area contributed by atoms with Crippen LogP contribution in [0.2, 0.25) is 0 Å². The Morgan fingerprint density at radius 2 is 2.08 bits per heavy atom. The predicted octanol–water partition coefficient (Wildman–Crippen LogP) is 4.00. The van der Waals surface area contributed by atoms with Crippen molar-refractivity contribution >= 4 is 23.3 Å². The second kappa shape index (κ2) is 12.6. The topological polar surface area (TPSA) is 108 Å². The molecule has 4 rings (SSSR count). The molecule has 1 N–H and O–H groups in total. The van der Waals surface area contributed by atoms with Crippen molar-refractivity contribution in [2.75, 3.05) is 43.6 Å². The molecule has 1 saturated carbocycles. The number of piperazine rings is 1. The third-order valence-electron chi connectivity index (χ3n) is 6.75. The molecule has 2 aromatic rings. The van der Waals surface area contributed by atoms with Crippen LogP contribution in [0.5, 0.6) is 5.75 Å². The number of carbonyl (C=O) groups is 2. The van der Waals surface area contributed by atoms with Gasteiger partial charge in [-0.1, -0.05) is 18.2 Å². The number of hydrogen-bond acceptors (Lipinski definition) is 7. The van der Waals surface area contributed by atoms with Gasteiger partial charge in [0.15, 0.2) is 0 Å². The lowest BCUT2D eigenvalue weighted by atomic mass is 10.1. The van der Waals surface area contributed by atoms with Crippen molar-refractivity contribution in [3.05, 3.63) is 59.3 Å². The lowest BCUT2D eigenvalue weighted by molar-refractivity contribution is -0.134. The van der Waals surface area contributed by atoms with Crippen LogP contribution in [-0.2, 0) is 20.9 Å². The molecule has 1 saturated heterocycles. The van der Waals surface area contributed by atoms with Gasteiger partial charge >= 0.3 is 0 Å². The summed E-state index contributed by atoms with van der Waals surface area (Å²) in [5.74, 6) is 1.50. The van der Waals surface area contributed by atoms with Crippen LogP contribution in [0.3, 0.4) is 0 Å². The highest BCUT2D eigenvalue weighted by atomic mass is 16.5. The molecule has 1 aliphatic heterocycles. The Morgan fingerprint density at radius 3 is 2.76 bits per heavy atom. The van der Waals surface area contributed by atoms with Gasteiger partial charge in [-0.15, -0.1) is 0 Å². The molecule has 1 aromatic carbocycles. The summed E-state index contributed by atoms with van der Waals surface area (Å²) in [7, 11) is 1.59. The third kappa shape index (κ3) is 6.69. The Bertz CT molecular complexity index is 1230. The van der Waals surface area contributed by atoms with Gasteiger partial charge in [0.1, 0.15) is 24.2 Å². The fourth-order valence-electron chi connectivity index (χ4n) is 4.68. The number of rotatable bonds is 10. The average molecular weight is 518 g/mol. The van der Waals surface area contributed by atoms with Crippen molar-refractivity contribution < 1.29 is 19.1 Å². The highest BCUT2D eigenvalue weighted by Gasteiger charge is 2.33. The number of ether oxygens (including phenoxy) is 2. The molecule has 0 unspecified atom stereocenters. The van der Waals surface area contributed by atoms with E-state index in [1.54, 1.807) is 26.2 Å². The van der Waals surface area contributed by atoms with Gasteiger partial charge in [0.05, 0.1) is 24.3 Å². The molecule has 0 radical (unpaired) electrons. The largest absolute Gasteiger partial charge is 0.487 e. The molecule has 1 atom stereocenters. The van der Waals surface area contributed by atoms with E-state index >= 15 is 0 Å². The lowest BCUT2D eigenvalue weighted by Gasteiger charge is -2.40. The molecular weight excluding hydrogens is 482 g/mol. The minimum Gasteiger partial charge on any atom is -0.487 e. The first-order valence-corrected chi connectivity index (χ1v) is 13.1. The smallest absolute Gasteiger partial charge is 0.248 e. The number of carbonyl (C=O) groups excluding carboxylic acids is 2. The minimum absolute atomic E-state index is 0.00216. The number of methoxy groups -OCH3 is 1. The standard InChI is InChI=1S/C29H35N5O4/c1-4-6-26(35)31-24-8-5-7-21(15-24)19-38-25-16-23(17-30)29(32-28(25)22-9-10-22)33-12-13-34(20(2)18-33)27(36)11-14-37-3/h4-8,15-16,20,22H,9-14,18-19H2,1-3H3,(H,31,35)/b6-4+/t20-/m1/s1. The maximum Gasteiger partial charge on any atom is 0.248 e. The van der Waals surface area contributed by atoms with Crippen LogP contribution in [-0.4, -0.2) is 61.1 Å². The predicted molar refractivity (Wildman–Crippen MR) is 145 cm³/mol. The van der Waals surface area contributed by atoms with Crippen LogP contribution in [0.4, 0.5) is 11.5 Å². The van der Waals surface area contributed by atoms with E-state index in [4.69, 9.17) is 14.5 Å². The van der Waals surface area contributed by atoms with E-state index in [0.717, 1.165) is 24.1 Å². The van der Waals surface area contributed by atoms with Crippen molar-refractivity contribution in [3.63, 3.8) is 0 Å². The molecule has 1 aliphatic carbocycles. The number of nitrogens with one attached hydrogen (secondary N) is 1. The first-order chi connectivity index (χ1) is 18.4. The molecular formula is C29H35N5O4. The maximum atomic E-state index is 12.5. The van der Waals surface area contributed by atoms with Crippen LogP contribution >= 0.6 is 0 Å². The molecule has 2 heterocycles. The number of aromatic nitrogens is 1. The summed E-state index contributed by atoms with van der Waals surface area (Å²) < 4.78 is 11.3. The molecule has 0 bridgehead atoms. The van der Waals surface area contributed by atoms with Crippen molar-refractivity contribution in [3.8, 4) is 11.8 Å². The van der Waals surface area contributed by atoms with Crippen molar-refractivity contribution in [1.29, 1.82) is 5.26 Å². The van der Waals surface area contributed by atoms with Gasteiger partial charge in [0.2, 0.25) is 11.8 Å². The zero-order valence-corrected chi connectivity index (χ0v) is 22.3. The highest BCUT2D eigenvalue weighted by Crippen LogP contribution is 2.45. The number of nitriles is 1. The number of hydrogen-bond donors (Lipinski definition) is 1. The zero-order valence-electron chi connectivity index (χ0n) is 22.3. The van der Waals surface area contributed by atoms with E-state index in [0.29, 0.717) is 61.4 Å². The molecule has 2 amide bonds. The second-order valence-corrected chi connectivity index (χ2v) is 9.73. The fourth-order valence-corrected chi connectivity index (χ4v) is 4.68. The maximum absolute atomic E-state index is 12.5. The number of nitrogens with zero attached hydrogens (tertiary/aromatic N) is 4. The fraction of sp³-hybridized carbons (Fsp3) is 0.448. The molecule has 38 heavy (non-hydrogen) atoms. The van der Waals surface area contributed by atoms with E-state index in [9.17, 15) is 14.9 Å². The average Bonchev–Trinajstić information content (AvgIpc) is 3.76. The Morgan fingerprint density at radius 1 is 1.26 bits per heavy atom. The number of amides is 2. The Hall–Kier alpha value is -3.90. The first kappa shape index (κ1) is 27.1. The number of pyridine rings is 1. The number of anilines is 2. The summed E-state index contributed by atoms with van der Waals surface area (Å²) in [5.41, 5.74) is 2.93. The molecule has 1 aromatic heterocycles. The number of benzene rings is 1. The van der Waals surface area contributed by atoms with Crippen LogP contribution in [0.25, 0.3) is 0 Å². The molecule has 2 aliphatic rings. The summed E-state index contributed by atoms with van der Waals surface area (Å²) in [6, 6.07) is 11.6. The third-order valence-corrected chi connectivity index (χ3v) is 6.75. The van der Waals surface area contributed by atoms with E-state index in [2.05, 4.69) is 16.3 Å². The van der Waals surface area contributed by atoms with E-state index < -0.39 is 0 Å². The molecule has 0 spiro atoms. The molecule has 9 heteroatoms. The van der Waals surface area contributed by atoms with Gasteiger partial charge in [0.25, 0.3) is 0 Å². The number of allylic oxidation sites excluding steroid dienone is 1. The van der Waals surface area contributed by atoms with Crippen LogP contribution < -0.4 is 15.0 Å². The summed E-state index contributed by atoms with van der Waals surface area (Å²) in [6.45, 7) is 6.32. The van der Waals surface area contributed by atoms with Gasteiger partial charge in [-0.3, -0.25) is 9.59 Å². The van der Waals surface area contributed by atoms with E-state index in [1.807, 2.05) is 36.1 Å². The second-order valence-electron chi connectivity index (χ2n) is 9.73. The normalized spacial score (nSPS) is 17.4.